The Balaban J connectivity index is 1.95. The number of aryl methyl sites for hydroxylation is 2. The summed E-state index contributed by atoms with van der Waals surface area (Å²) in [6.07, 6.45) is 0. The summed E-state index contributed by atoms with van der Waals surface area (Å²) < 4.78 is 18.3. The Morgan fingerprint density at radius 3 is 2.50 bits per heavy atom. The van der Waals surface area contributed by atoms with Crippen LogP contribution in [0.3, 0.4) is 0 Å². The molecular weight excluding hydrogens is 231 g/mol. The summed E-state index contributed by atoms with van der Waals surface area (Å²) in [6, 6.07) is 6.61. The zero-order valence-corrected chi connectivity index (χ0v) is 10.8. The second kappa shape index (κ2) is 5.31. The van der Waals surface area contributed by atoms with Crippen molar-refractivity contribution in [2.45, 2.75) is 33.4 Å². The number of halogens is 1. The van der Waals surface area contributed by atoms with E-state index in [4.69, 9.17) is 4.42 Å². The molecular formula is C14H17FN2O. The standard InChI is InChI=1S/C14H17FN2O/c1-9-11(3)18-14(17-9)8-16-10(2)12-4-6-13(15)7-5-12/h4-7,10,16H,8H2,1-3H3/t10-/m0/s1. The molecule has 0 aliphatic rings. The lowest BCUT2D eigenvalue weighted by molar-refractivity contribution is 0.432. The van der Waals surface area contributed by atoms with Gasteiger partial charge >= 0.3 is 0 Å². The highest BCUT2D eigenvalue weighted by atomic mass is 19.1. The minimum atomic E-state index is -0.218. The van der Waals surface area contributed by atoms with Crippen LogP contribution in [-0.4, -0.2) is 4.98 Å². The summed E-state index contributed by atoms with van der Waals surface area (Å²) in [5, 5.41) is 3.30. The lowest BCUT2D eigenvalue weighted by Gasteiger charge is -2.12. The third kappa shape index (κ3) is 2.96. The molecule has 0 bridgehead atoms. The summed E-state index contributed by atoms with van der Waals surface area (Å²) >= 11 is 0. The average molecular weight is 248 g/mol. The van der Waals surface area contributed by atoms with Crippen molar-refractivity contribution in [1.29, 1.82) is 0 Å². The van der Waals surface area contributed by atoms with E-state index in [1.165, 1.54) is 12.1 Å². The molecule has 0 fully saturated rings. The van der Waals surface area contributed by atoms with Gasteiger partial charge in [0.1, 0.15) is 11.6 Å². The number of aromatic nitrogens is 1. The first-order chi connectivity index (χ1) is 8.56. The molecule has 0 radical (unpaired) electrons. The Hall–Kier alpha value is -1.68. The SMILES string of the molecule is Cc1nc(CN[C@@H](C)c2ccc(F)cc2)oc1C. The van der Waals surface area contributed by atoms with Crippen LogP contribution in [0.5, 0.6) is 0 Å². The quantitative estimate of drug-likeness (QED) is 0.902. The lowest BCUT2D eigenvalue weighted by atomic mass is 10.1. The van der Waals surface area contributed by atoms with Gasteiger partial charge in [-0.2, -0.15) is 0 Å². The van der Waals surface area contributed by atoms with Gasteiger partial charge in [0.2, 0.25) is 5.89 Å². The van der Waals surface area contributed by atoms with Gasteiger partial charge in [-0.3, -0.25) is 0 Å². The molecule has 0 aliphatic carbocycles. The highest BCUT2D eigenvalue weighted by Gasteiger charge is 2.09. The monoisotopic (exact) mass is 248 g/mol. The predicted octanol–water partition coefficient (Wildman–Crippen LogP) is 3.28. The molecule has 1 atom stereocenters. The van der Waals surface area contributed by atoms with E-state index in [0.717, 1.165) is 17.0 Å². The van der Waals surface area contributed by atoms with Gasteiger partial charge in [0.05, 0.1) is 12.2 Å². The molecule has 2 rings (SSSR count). The van der Waals surface area contributed by atoms with Crippen LogP contribution < -0.4 is 5.32 Å². The third-order valence-corrected chi connectivity index (χ3v) is 3.00. The molecule has 1 aromatic carbocycles. The smallest absolute Gasteiger partial charge is 0.208 e. The van der Waals surface area contributed by atoms with Gasteiger partial charge < -0.3 is 9.73 Å². The number of benzene rings is 1. The van der Waals surface area contributed by atoms with Crippen LogP contribution >= 0.6 is 0 Å². The number of nitrogens with one attached hydrogen (secondary N) is 1. The second-order valence-corrected chi connectivity index (χ2v) is 4.40. The number of hydrogen-bond acceptors (Lipinski definition) is 3. The Morgan fingerprint density at radius 1 is 1.28 bits per heavy atom. The highest BCUT2D eigenvalue weighted by molar-refractivity contribution is 5.19. The van der Waals surface area contributed by atoms with Crippen molar-refractivity contribution in [2.75, 3.05) is 0 Å². The van der Waals surface area contributed by atoms with E-state index >= 15 is 0 Å². The predicted molar refractivity (Wildman–Crippen MR) is 67.6 cm³/mol. The number of hydrogen-bond donors (Lipinski definition) is 1. The van der Waals surface area contributed by atoms with Crippen LogP contribution in [0.4, 0.5) is 4.39 Å². The van der Waals surface area contributed by atoms with Crippen molar-refractivity contribution in [3.05, 3.63) is 53.0 Å². The van der Waals surface area contributed by atoms with Gasteiger partial charge in [0, 0.05) is 6.04 Å². The van der Waals surface area contributed by atoms with Gasteiger partial charge in [0.15, 0.2) is 0 Å². The van der Waals surface area contributed by atoms with E-state index in [-0.39, 0.29) is 11.9 Å². The maximum atomic E-state index is 12.8. The van der Waals surface area contributed by atoms with Gasteiger partial charge in [-0.15, -0.1) is 0 Å². The molecule has 1 aromatic heterocycles. The average Bonchev–Trinajstić information content (AvgIpc) is 2.67. The lowest BCUT2D eigenvalue weighted by Crippen LogP contribution is -2.18. The first kappa shape index (κ1) is 12.8. The second-order valence-electron chi connectivity index (χ2n) is 4.40. The maximum Gasteiger partial charge on any atom is 0.208 e. The molecule has 0 spiro atoms. The highest BCUT2D eigenvalue weighted by Crippen LogP contribution is 2.14. The molecule has 2 aromatic rings. The third-order valence-electron chi connectivity index (χ3n) is 3.00. The fourth-order valence-corrected chi connectivity index (χ4v) is 1.72. The summed E-state index contributed by atoms with van der Waals surface area (Å²) in [4.78, 5) is 4.30. The van der Waals surface area contributed by atoms with Crippen LogP contribution in [0.2, 0.25) is 0 Å². The Morgan fingerprint density at radius 2 is 1.94 bits per heavy atom. The largest absolute Gasteiger partial charge is 0.444 e. The maximum absolute atomic E-state index is 12.8. The molecule has 3 nitrogen and oxygen atoms in total. The Kier molecular flexibility index (Phi) is 3.77. The van der Waals surface area contributed by atoms with E-state index in [2.05, 4.69) is 10.3 Å². The van der Waals surface area contributed by atoms with E-state index in [1.54, 1.807) is 12.1 Å². The Labute approximate surface area is 106 Å². The summed E-state index contributed by atoms with van der Waals surface area (Å²) in [5.74, 6) is 1.31. The summed E-state index contributed by atoms with van der Waals surface area (Å²) in [5.41, 5.74) is 1.96. The van der Waals surface area contributed by atoms with Crippen molar-refractivity contribution in [3.63, 3.8) is 0 Å². The fourth-order valence-electron chi connectivity index (χ4n) is 1.72. The molecule has 1 N–H and O–H groups in total. The zero-order chi connectivity index (χ0) is 13.1. The summed E-state index contributed by atoms with van der Waals surface area (Å²) in [7, 11) is 0. The van der Waals surface area contributed by atoms with Crippen molar-refractivity contribution < 1.29 is 8.81 Å². The van der Waals surface area contributed by atoms with Crippen molar-refractivity contribution in [1.82, 2.24) is 10.3 Å². The molecule has 96 valence electrons. The van der Waals surface area contributed by atoms with E-state index < -0.39 is 0 Å². The fraction of sp³-hybridized carbons (Fsp3) is 0.357. The number of oxazole rings is 1. The molecule has 4 heteroatoms. The van der Waals surface area contributed by atoms with Crippen LogP contribution in [-0.2, 0) is 6.54 Å². The first-order valence-corrected chi connectivity index (χ1v) is 5.98. The minimum absolute atomic E-state index is 0.123. The van der Waals surface area contributed by atoms with E-state index in [1.807, 2.05) is 20.8 Å². The topological polar surface area (TPSA) is 38.1 Å². The van der Waals surface area contributed by atoms with Crippen LogP contribution in [0.25, 0.3) is 0 Å². The van der Waals surface area contributed by atoms with Gasteiger partial charge in [0.25, 0.3) is 0 Å². The Bertz CT molecular complexity index is 500. The van der Waals surface area contributed by atoms with Crippen molar-refractivity contribution in [2.24, 2.45) is 0 Å². The van der Waals surface area contributed by atoms with E-state index in [0.29, 0.717) is 12.4 Å². The molecule has 0 unspecified atom stereocenters. The number of nitrogens with zero attached hydrogens (tertiary/aromatic N) is 1. The summed E-state index contributed by atoms with van der Waals surface area (Å²) in [6.45, 7) is 6.41. The number of rotatable bonds is 4. The van der Waals surface area contributed by atoms with E-state index in [9.17, 15) is 4.39 Å². The molecule has 0 amide bonds. The van der Waals surface area contributed by atoms with Gasteiger partial charge in [-0.05, 0) is 38.5 Å². The minimum Gasteiger partial charge on any atom is -0.444 e. The first-order valence-electron chi connectivity index (χ1n) is 5.98. The van der Waals surface area contributed by atoms with Gasteiger partial charge in [-0.25, -0.2) is 9.37 Å². The van der Waals surface area contributed by atoms with Crippen LogP contribution in [0.1, 0.15) is 35.9 Å². The van der Waals surface area contributed by atoms with Crippen LogP contribution in [0, 0.1) is 19.7 Å². The normalized spacial score (nSPS) is 12.7. The molecule has 18 heavy (non-hydrogen) atoms. The zero-order valence-electron chi connectivity index (χ0n) is 10.8. The molecule has 0 saturated carbocycles. The molecule has 0 aliphatic heterocycles. The molecule has 1 heterocycles. The van der Waals surface area contributed by atoms with Crippen molar-refractivity contribution in [3.8, 4) is 0 Å². The van der Waals surface area contributed by atoms with Gasteiger partial charge in [-0.1, -0.05) is 12.1 Å². The van der Waals surface area contributed by atoms with Crippen LogP contribution in [0.15, 0.2) is 28.7 Å². The van der Waals surface area contributed by atoms with Crippen molar-refractivity contribution >= 4 is 0 Å². The molecule has 0 saturated heterocycles.